The van der Waals surface area contributed by atoms with Gasteiger partial charge in [-0.1, -0.05) is 0 Å². The van der Waals surface area contributed by atoms with Crippen molar-refractivity contribution in [2.45, 2.75) is 12.8 Å². The average Bonchev–Trinajstić information content (AvgIpc) is 3.10. The molecular weight excluding hydrogens is 190 g/mol. The molecule has 0 N–H and O–H groups in total. The normalized spacial score (nSPS) is 14.3. The summed E-state index contributed by atoms with van der Waals surface area (Å²) >= 11 is 0. The molecule has 0 spiro atoms. The van der Waals surface area contributed by atoms with Crippen molar-refractivity contribution in [3.05, 3.63) is 29.3 Å². The molecule has 3 nitrogen and oxygen atoms in total. The van der Waals surface area contributed by atoms with E-state index in [1.807, 2.05) is 6.07 Å². The predicted molar refractivity (Wildman–Crippen MR) is 54.8 cm³/mol. The Balaban J connectivity index is 2.14. The van der Waals surface area contributed by atoms with Crippen LogP contribution in [0.15, 0.2) is 18.2 Å². The van der Waals surface area contributed by atoms with Gasteiger partial charge in [0.25, 0.3) is 0 Å². The topological polar surface area (TPSA) is 50.1 Å². The first-order valence-corrected chi connectivity index (χ1v) is 4.95. The summed E-state index contributed by atoms with van der Waals surface area (Å²) in [6, 6.07) is 6.93. The predicted octanol–water partition coefficient (Wildman–Crippen LogP) is 2.16. The highest BCUT2D eigenvalue weighted by Crippen LogP contribution is 2.30. The van der Waals surface area contributed by atoms with Crippen LogP contribution in [0.5, 0.6) is 5.75 Å². The van der Waals surface area contributed by atoms with Crippen molar-refractivity contribution in [3.8, 4) is 11.8 Å². The van der Waals surface area contributed by atoms with Gasteiger partial charge in [0.15, 0.2) is 0 Å². The summed E-state index contributed by atoms with van der Waals surface area (Å²) in [5.41, 5.74) is 0.936. The number of carbonyl (C=O) groups excluding carboxylic acids is 1. The number of ether oxygens (including phenoxy) is 1. The second kappa shape index (κ2) is 4.14. The van der Waals surface area contributed by atoms with Crippen LogP contribution in [0.25, 0.3) is 0 Å². The van der Waals surface area contributed by atoms with Gasteiger partial charge in [-0.2, -0.15) is 5.26 Å². The zero-order chi connectivity index (χ0) is 10.7. The number of rotatable bonds is 4. The summed E-state index contributed by atoms with van der Waals surface area (Å²) < 4.78 is 5.51. The van der Waals surface area contributed by atoms with Gasteiger partial charge in [0, 0.05) is 5.56 Å². The van der Waals surface area contributed by atoms with E-state index in [1.165, 1.54) is 12.8 Å². The zero-order valence-corrected chi connectivity index (χ0v) is 8.27. The fourth-order valence-corrected chi connectivity index (χ4v) is 1.33. The maximum absolute atomic E-state index is 10.5. The van der Waals surface area contributed by atoms with Gasteiger partial charge in [0.2, 0.25) is 0 Å². The highest BCUT2D eigenvalue weighted by atomic mass is 16.5. The first kappa shape index (κ1) is 9.72. The van der Waals surface area contributed by atoms with E-state index in [0.29, 0.717) is 29.4 Å². The molecule has 2 rings (SSSR count). The van der Waals surface area contributed by atoms with E-state index in [-0.39, 0.29) is 0 Å². The van der Waals surface area contributed by atoms with Crippen molar-refractivity contribution >= 4 is 6.29 Å². The van der Waals surface area contributed by atoms with Crippen LogP contribution < -0.4 is 4.74 Å². The van der Waals surface area contributed by atoms with Gasteiger partial charge in [0.05, 0.1) is 12.2 Å². The molecular formula is C12H11NO2. The molecule has 1 aliphatic rings. The lowest BCUT2D eigenvalue weighted by molar-refractivity contribution is 0.112. The van der Waals surface area contributed by atoms with Crippen molar-refractivity contribution in [1.82, 2.24) is 0 Å². The average molecular weight is 201 g/mol. The minimum Gasteiger partial charge on any atom is -0.492 e. The number of aldehydes is 1. The minimum absolute atomic E-state index is 0.431. The van der Waals surface area contributed by atoms with Crippen molar-refractivity contribution in [3.63, 3.8) is 0 Å². The van der Waals surface area contributed by atoms with Crippen molar-refractivity contribution in [1.29, 1.82) is 5.26 Å². The quantitative estimate of drug-likeness (QED) is 0.701. The molecule has 0 heterocycles. The number of hydrogen-bond acceptors (Lipinski definition) is 3. The molecule has 1 saturated carbocycles. The zero-order valence-electron chi connectivity index (χ0n) is 8.27. The summed E-state index contributed by atoms with van der Waals surface area (Å²) in [7, 11) is 0. The smallest absolute Gasteiger partial charge is 0.150 e. The molecule has 1 fully saturated rings. The van der Waals surface area contributed by atoms with Gasteiger partial charge in [-0.05, 0) is 37.0 Å². The monoisotopic (exact) mass is 201 g/mol. The number of nitrogens with zero attached hydrogens (tertiary/aromatic N) is 1. The molecule has 1 aliphatic carbocycles. The molecule has 3 heteroatoms. The lowest BCUT2D eigenvalue weighted by Crippen LogP contribution is -2.01. The van der Waals surface area contributed by atoms with Crippen LogP contribution in [0.1, 0.15) is 28.8 Å². The summed E-state index contributed by atoms with van der Waals surface area (Å²) in [5, 5.41) is 8.87. The molecule has 0 atom stereocenters. The third-order valence-electron chi connectivity index (χ3n) is 2.43. The fourth-order valence-electron chi connectivity index (χ4n) is 1.33. The lowest BCUT2D eigenvalue weighted by Gasteiger charge is -2.06. The van der Waals surface area contributed by atoms with E-state index in [2.05, 4.69) is 0 Å². The molecule has 1 aromatic carbocycles. The molecule has 1 aromatic rings. The van der Waals surface area contributed by atoms with E-state index >= 15 is 0 Å². The first-order chi connectivity index (χ1) is 7.33. The first-order valence-electron chi connectivity index (χ1n) is 4.95. The molecule has 76 valence electrons. The van der Waals surface area contributed by atoms with Gasteiger partial charge in [-0.15, -0.1) is 0 Å². The third kappa shape index (κ3) is 2.35. The Kier molecular flexibility index (Phi) is 2.68. The fraction of sp³-hybridized carbons (Fsp3) is 0.333. The van der Waals surface area contributed by atoms with Crippen LogP contribution in [0.3, 0.4) is 0 Å². The van der Waals surface area contributed by atoms with Crippen molar-refractivity contribution in [2.75, 3.05) is 6.61 Å². The van der Waals surface area contributed by atoms with Crippen LogP contribution in [0.2, 0.25) is 0 Å². The molecule has 0 aliphatic heterocycles. The van der Waals surface area contributed by atoms with Crippen molar-refractivity contribution in [2.24, 2.45) is 5.92 Å². The number of carbonyl (C=O) groups is 1. The Morgan fingerprint density at radius 3 is 2.93 bits per heavy atom. The minimum atomic E-state index is 0.431. The maximum Gasteiger partial charge on any atom is 0.150 e. The summed E-state index contributed by atoms with van der Waals surface area (Å²) in [5.74, 6) is 1.23. The Bertz CT molecular complexity index is 416. The van der Waals surface area contributed by atoms with Crippen LogP contribution >= 0.6 is 0 Å². The van der Waals surface area contributed by atoms with Crippen LogP contribution in [0.4, 0.5) is 0 Å². The van der Waals surface area contributed by atoms with E-state index in [4.69, 9.17) is 10.00 Å². The van der Waals surface area contributed by atoms with E-state index < -0.39 is 0 Å². The summed E-state index contributed by atoms with van der Waals surface area (Å²) in [6.45, 7) is 0.676. The van der Waals surface area contributed by atoms with E-state index in [0.717, 1.165) is 6.29 Å². The molecule has 0 amide bonds. The molecule has 0 unspecified atom stereocenters. The van der Waals surface area contributed by atoms with Crippen LogP contribution in [-0.4, -0.2) is 12.9 Å². The largest absolute Gasteiger partial charge is 0.492 e. The third-order valence-corrected chi connectivity index (χ3v) is 2.43. The molecule has 0 saturated heterocycles. The summed E-state index contributed by atoms with van der Waals surface area (Å²) in [6.07, 6.45) is 3.16. The van der Waals surface area contributed by atoms with Gasteiger partial charge < -0.3 is 4.74 Å². The number of nitriles is 1. The van der Waals surface area contributed by atoms with Gasteiger partial charge >= 0.3 is 0 Å². The second-order valence-corrected chi connectivity index (χ2v) is 3.74. The van der Waals surface area contributed by atoms with Crippen LogP contribution in [-0.2, 0) is 0 Å². The van der Waals surface area contributed by atoms with Gasteiger partial charge in [-0.25, -0.2) is 0 Å². The molecule has 0 bridgehead atoms. The van der Waals surface area contributed by atoms with Gasteiger partial charge in [0.1, 0.15) is 18.1 Å². The molecule has 0 radical (unpaired) electrons. The molecule has 0 aromatic heterocycles. The van der Waals surface area contributed by atoms with Crippen LogP contribution in [0, 0.1) is 17.2 Å². The Labute approximate surface area is 88.3 Å². The van der Waals surface area contributed by atoms with E-state index in [1.54, 1.807) is 18.2 Å². The lowest BCUT2D eigenvalue weighted by atomic mass is 10.1. The second-order valence-electron chi connectivity index (χ2n) is 3.74. The van der Waals surface area contributed by atoms with E-state index in [9.17, 15) is 4.79 Å². The molecule has 15 heavy (non-hydrogen) atoms. The van der Waals surface area contributed by atoms with Gasteiger partial charge in [-0.3, -0.25) is 4.79 Å². The number of benzene rings is 1. The summed E-state index contributed by atoms with van der Waals surface area (Å²) in [4.78, 5) is 10.5. The SMILES string of the molecule is N#Cc1cc(C=O)ccc1OCC1CC1. The maximum atomic E-state index is 10.5. The Hall–Kier alpha value is -1.82. The number of hydrogen-bond donors (Lipinski definition) is 0. The highest BCUT2D eigenvalue weighted by Gasteiger charge is 2.22. The standard InChI is InChI=1S/C12H11NO2/c13-6-11-5-10(7-14)3-4-12(11)15-8-9-1-2-9/h3-5,7,9H,1-2,8H2. The Morgan fingerprint density at radius 1 is 1.53 bits per heavy atom. The highest BCUT2D eigenvalue weighted by molar-refractivity contribution is 5.76. The van der Waals surface area contributed by atoms with Crippen molar-refractivity contribution < 1.29 is 9.53 Å². The Morgan fingerprint density at radius 2 is 2.33 bits per heavy atom.